The number of hydrogen-bond acceptors (Lipinski definition) is 7. The molecule has 1 fully saturated rings. The number of thiazole rings is 1. The van der Waals surface area contributed by atoms with Gasteiger partial charge in [-0.3, -0.25) is 19.8 Å². The summed E-state index contributed by atoms with van der Waals surface area (Å²) in [5, 5.41) is 14.5. The molecule has 2 N–H and O–H groups in total. The van der Waals surface area contributed by atoms with Crippen LogP contribution >= 0.6 is 11.3 Å². The first-order valence-electron chi connectivity index (χ1n) is 16.8. The van der Waals surface area contributed by atoms with E-state index in [1.165, 1.54) is 33.4 Å². The number of allylic oxidation sites excluding steroid dienone is 1. The number of benzene rings is 2. The van der Waals surface area contributed by atoms with Gasteiger partial charge < -0.3 is 14.6 Å². The molecule has 4 aliphatic rings. The van der Waals surface area contributed by atoms with Gasteiger partial charge in [0.25, 0.3) is 11.8 Å². The van der Waals surface area contributed by atoms with Crippen LogP contribution in [-0.2, 0) is 29.7 Å². The van der Waals surface area contributed by atoms with Gasteiger partial charge in [-0.1, -0.05) is 42.8 Å². The smallest absolute Gasteiger partial charge is 0.255 e. The second-order valence-corrected chi connectivity index (χ2v) is 14.8. The fourth-order valence-electron chi connectivity index (χ4n) is 8.00. The van der Waals surface area contributed by atoms with Crippen LogP contribution in [0.1, 0.15) is 71.5 Å². The maximum atomic E-state index is 15.8. The molecule has 2 atom stereocenters. The molecule has 48 heavy (non-hydrogen) atoms. The zero-order chi connectivity index (χ0) is 33.0. The van der Waals surface area contributed by atoms with Crippen LogP contribution in [0.3, 0.4) is 0 Å². The fourth-order valence-corrected chi connectivity index (χ4v) is 8.54. The quantitative estimate of drug-likeness (QED) is 0.222. The van der Waals surface area contributed by atoms with Crippen LogP contribution in [-0.4, -0.2) is 67.5 Å². The average molecular weight is 667 g/mol. The Labute approximate surface area is 283 Å². The standard InChI is InChI=1S/C37H39FN6O3S/c1-37(17-24(18-37)19-42-12-8-23(21-45)9-13-42)27-6-4-25(5-7-27)26-15-28-29(30(38)16-26)20-44(35(28)47)33(34(46)41-36-39-10-14-48-36)32-31-3-2-11-43(31)22-40-32/h4-7,10,14-17,22-23,33,45H,2-3,8-9,11-13,18-21H2,1H3,(H,39,41,46). The number of halogens is 1. The molecule has 2 aromatic heterocycles. The molecular formula is C37H39FN6O3S. The summed E-state index contributed by atoms with van der Waals surface area (Å²) in [5.41, 5.74) is 6.11. The number of fused-ring (bicyclic) bond motifs is 2. The monoisotopic (exact) mass is 666 g/mol. The van der Waals surface area contributed by atoms with E-state index >= 15 is 4.39 Å². The van der Waals surface area contributed by atoms with Crippen LogP contribution in [0.15, 0.2) is 66.0 Å². The summed E-state index contributed by atoms with van der Waals surface area (Å²) in [4.78, 5) is 40.5. The van der Waals surface area contributed by atoms with Crippen LogP contribution in [0.4, 0.5) is 9.52 Å². The highest BCUT2D eigenvalue weighted by atomic mass is 32.1. The number of piperidine rings is 1. The number of carbonyl (C=O) groups is 2. The Balaban J connectivity index is 1.01. The van der Waals surface area contributed by atoms with E-state index in [1.54, 1.807) is 24.0 Å². The van der Waals surface area contributed by atoms with Gasteiger partial charge in [0.1, 0.15) is 5.82 Å². The van der Waals surface area contributed by atoms with Crippen LogP contribution in [0.5, 0.6) is 0 Å². The highest BCUT2D eigenvalue weighted by Crippen LogP contribution is 2.43. The molecule has 2 aromatic carbocycles. The molecule has 3 aliphatic heterocycles. The second kappa shape index (κ2) is 12.4. The lowest BCUT2D eigenvalue weighted by Gasteiger charge is -2.40. The second-order valence-electron chi connectivity index (χ2n) is 13.9. The van der Waals surface area contributed by atoms with Gasteiger partial charge in [-0.2, -0.15) is 0 Å². The fraction of sp³-hybridized carbons (Fsp3) is 0.405. The van der Waals surface area contributed by atoms with E-state index < -0.39 is 17.8 Å². The molecule has 4 aromatic rings. The Bertz CT molecular complexity index is 1900. The van der Waals surface area contributed by atoms with Crippen molar-refractivity contribution in [2.45, 2.75) is 63.6 Å². The third-order valence-corrected chi connectivity index (χ3v) is 11.4. The van der Waals surface area contributed by atoms with Crippen LogP contribution in [0.25, 0.3) is 11.1 Å². The number of aromatic nitrogens is 3. The predicted molar refractivity (Wildman–Crippen MR) is 182 cm³/mol. The summed E-state index contributed by atoms with van der Waals surface area (Å²) in [6.07, 6.45) is 10.5. The molecule has 0 spiro atoms. The highest BCUT2D eigenvalue weighted by molar-refractivity contribution is 7.13. The minimum absolute atomic E-state index is 0.0199. The number of nitrogens with zero attached hydrogens (tertiary/aromatic N) is 5. The van der Waals surface area contributed by atoms with Gasteiger partial charge in [0.2, 0.25) is 0 Å². The Morgan fingerprint density at radius 2 is 1.94 bits per heavy atom. The molecule has 9 nitrogen and oxygen atoms in total. The molecule has 1 saturated heterocycles. The molecule has 0 bridgehead atoms. The van der Waals surface area contributed by atoms with E-state index in [9.17, 15) is 14.7 Å². The predicted octanol–water partition coefficient (Wildman–Crippen LogP) is 5.72. The number of aliphatic hydroxyl groups is 1. The number of anilines is 1. The summed E-state index contributed by atoms with van der Waals surface area (Å²) in [7, 11) is 0. The molecule has 0 radical (unpaired) electrons. The van der Waals surface area contributed by atoms with Crippen molar-refractivity contribution in [3.63, 3.8) is 0 Å². The minimum atomic E-state index is -1.01. The molecule has 248 valence electrons. The Kier molecular flexibility index (Phi) is 8.01. The first-order chi connectivity index (χ1) is 23.3. The number of nitrogens with one attached hydrogen (secondary N) is 1. The number of carbonyl (C=O) groups excluding carboxylic acids is 2. The van der Waals surface area contributed by atoms with Gasteiger partial charge in [0, 0.05) is 53.5 Å². The van der Waals surface area contributed by atoms with Crippen molar-refractivity contribution in [3.05, 3.63) is 99.8 Å². The van der Waals surface area contributed by atoms with E-state index in [4.69, 9.17) is 0 Å². The van der Waals surface area contributed by atoms with Gasteiger partial charge >= 0.3 is 0 Å². The third-order valence-electron chi connectivity index (χ3n) is 10.7. The maximum absolute atomic E-state index is 15.8. The lowest BCUT2D eigenvalue weighted by Crippen LogP contribution is -2.39. The van der Waals surface area contributed by atoms with Crippen molar-refractivity contribution < 1.29 is 19.1 Å². The molecule has 11 heteroatoms. The summed E-state index contributed by atoms with van der Waals surface area (Å²) in [6, 6.07) is 10.4. The van der Waals surface area contributed by atoms with Crippen LogP contribution in [0.2, 0.25) is 0 Å². The van der Waals surface area contributed by atoms with Gasteiger partial charge in [0.05, 0.1) is 18.6 Å². The third kappa shape index (κ3) is 5.57. The zero-order valence-electron chi connectivity index (χ0n) is 27.0. The van der Waals surface area contributed by atoms with Crippen molar-refractivity contribution in [1.82, 2.24) is 24.3 Å². The Morgan fingerprint density at radius 3 is 2.67 bits per heavy atom. The number of hydrogen-bond donors (Lipinski definition) is 2. The number of imidazole rings is 1. The van der Waals surface area contributed by atoms with Crippen molar-refractivity contribution in [1.29, 1.82) is 0 Å². The van der Waals surface area contributed by atoms with E-state index in [1.807, 2.05) is 16.7 Å². The highest BCUT2D eigenvalue weighted by Gasteiger charge is 2.42. The molecule has 5 heterocycles. The SMILES string of the molecule is CC1(c2ccc(-c3cc(F)c4c(c3)C(=O)N(C(C(=O)Nc3nccs3)c3ncn5c3CCC5)C4)cc2)C=C(CN2CCC(CO)CC2)C1. The Morgan fingerprint density at radius 1 is 1.15 bits per heavy atom. The van der Waals surface area contributed by atoms with Crippen LogP contribution < -0.4 is 5.32 Å². The first kappa shape index (κ1) is 31.1. The minimum Gasteiger partial charge on any atom is -0.396 e. The first-order valence-corrected chi connectivity index (χ1v) is 17.7. The van der Waals surface area contributed by atoms with Crippen molar-refractivity contribution in [2.24, 2.45) is 5.92 Å². The van der Waals surface area contributed by atoms with E-state index in [-0.39, 0.29) is 23.4 Å². The molecule has 2 unspecified atom stereocenters. The van der Waals surface area contributed by atoms with Crippen molar-refractivity contribution in [3.8, 4) is 11.1 Å². The van der Waals surface area contributed by atoms with Gasteiger partial charge in [-0.05, 0) is 79.9 Å². The largest absolute Gasteiger partial charge is 0.396 e. The van der Waals surface area contributed by atoms with Gasteiger partial charge in [-0.15, -0.1) is 11.3 Å². The summed E-state index contributed by atoms with van der Waals surface area (Å²) in [6.45, 7) is 6.40. The molecule has 8 rings (SSSR count). The molecule has 1 aliphatic carbocycles. The molecule has 0 saturated carbocycles. The maximum Gasteiger partial charge on any atom is 0.255 e. The Hall–Kier alpha value is -4.19. The number of likely N-dealkylation sites (tertiary alicyclic amines) is 1. The number of aliphatic hydroxyl groups excluding tert-OH is 1. The normalized spacial score (nSPS) is 21.5. The number of amides is 2. The van der Waals surface area contributed by atoms with E-state index in [0.29, 0.717) is 34.5 Å². The zero-order valence-corrected chi connectivity index (χ0v) is 27.8. The topological polar surface area (TPSA) is 104 Å². The van der Waals surface area contributed by atoms with Crippen molar-refractivity contribution >= 4 is 28.3 Å². The van der Waals surface area contributed by atoms with Gasteiger partial charge in [-0.25, -0.2) is 14.4 Å². The lowest BCUT2D eigenvalue weighted by molar-refractivity contribution is -0.121. The summed E-state index contributed by atoms with van der Waals surface area (Å²) < 4.78 is 17.8. The van der Waals surface area contributed by atoms with Crippen molar-refractivity contribution in [2.75, 3.05) is 31.6 Å². The van der Waals surface area contributed by atoms with Gasteiger partial charge in [0.15, 0.2) is 11.2 Å². The molecular weight excluding hydrogens is 628 g/mol. The van der Waals surface area contributed by atoms with E-state index in [0.717, 1.165) is 69.5 Å². The number of rotatable bonds is 9. The lowest BCUT2D eigenvalue weighted by atomic mass is 9.67. The summed E-state index contributed by atoms with van der Waals surface area (Å²) in [5.74, 6) is -0.819. The summed E-state index contributed by atoms with van der Waals surface area (Å²) >= 11 is 1.29. The average Bonchev–Trinajstić information content (AvgIpc) is 3.89. The van der Waals surface area contributed by atoms with E-state index in [2.05, 4.69) is 45.3 Å². The molecule has 2 amide bonds. The number of aryl methyl sites for hydroxylation is 1. The van der Waals surface area contributed by atoms with Crippen LogP contribution in [0, 0.1) is 11.7 Å².